The lowest BCUT2D eigenvalue weighted by Gasteiger charge is -2.16. The molecule has 0 saturated carbocycles. The van der Waals surface area contributed by atoms with Crippen molar-refractivity contribution in [3.63, 3.8) is 0 Å². The lowest BCUT2D eigenvalue weighted by molar-refractivity contribution is -0.0206. The molecule has 3 nitrogen and oxygen atoms in total. The second kappa shape index (κ2) is 14.4. The van der Waals surface area contributed by atoms with Crippen LogP contribution >= 0.6 is 0 Å². The zero-order valence-corrected chi connectivity index (χ0v) is 17.3. The monoisotopic (exact) mass is 397 g/mol. The standard InChI is InChI=1S/C23H37F2NO2/c1-2-3-4-5-6-7-8-10-17-23(24,25)18-11-9-12-19-26-21-15-13-20(14-16-21)22(27)28/h13-16,26H,2-12,17-19H2,1H3,(H,27,28). The highest BCUT2D eigenvalue weighted by Crippen LogP contribution is 2.28. The highest BCUT2D eigenvalue weighted by Gasteiger charge is 2.26. The highest BCUT2D eigenvalue weighted by atomic mass is 19.3. The third-order valence-electron chi connectivity index (χ3n) is 5.08. The van der Waals surface area contributed by atoms with E-state index in [1.54, 1.807) is 24.3 Å². The largest absolute Gasteiger partial charge is 0.478 e. The van der Waals surface area contributed by atoms with E-state index in [1.807, 2.05) is 0 Å². The van der Waals surface area contributed by atoms with Gasteiger partial charge >= 0.3 is 5.97 Å². The molecular formula is C23H37F2NO2. The number of aromatic carboxylic acids is 1. The number of unbranched alkanes of at least 4 members (excludes halogenated alkanes) is 9. The van der Waals surface area contributed by atoms with Crippen LogP contribution in [0.5, 0.6) is 0 Å². The molecule has 0 aliphatic carbocycles. The number of nitrogens with one attached hydrogen (secondary N) is 1. The van der Waals surface area contributed by atoms with Crippen molar-refractivity contribution in [1.82, 2.24) is 0 Å². The maximum absolute atomic E-state index is 13.9. The van der Waals surface area contributed by atoms with Crippen LogP contribution in [0.4, 0.5) is 14.5 Å². The number of anilines is 1. The van der Waals surface area contributed by atoms with Gasteiger partial charge in [-0.2, -0.15) is 0 Å². The van der Waals surface area contributed by atoms with Crippen molar-refractivity contribution >= 4 is 11.7 Å². The summed E-state index contributed by atoms with van der Waals surface area (Å²) in [5, 5.41) is 12.0. The Bertz CT molecular complexity index is 532. The maximum atomic E-state index is 13.9. The summed E-state index contributed by atoms with van der Waals surface area (Å²) in [4.78, 5) is 10.8. The molecule has 1 aromatic carbocycles. The first-order valence-electron chi connectivity index (χ1n) is 10.9. The SMILES string of the molecule is CCCCCCCCCCC(F)(F)CCCCCNc1ccc(C(=O)O)cc1. The van der Waals surface area contributed by atoms with Gasteiger partial charge in [-0.1, -0.05) is 58.3 Å². The van der Waals surface area contributed by atoms with Gasteiger partial charge < -0.3 is 10.4 Å². The molecule has 0 aliphatic heterocycles. The van der Waals surface area contributed by atoms with Gasteiger partial charge in [0.25, 0.3) is 0 Å². The van der Waals surface area contributed by atoms with Crippen molar-refractivity contribution in [2.24, 2.45) is 0 Å². The van der Waals surface area contributed by atoms with Crippen molar-refractivity contribution in [3.8, 4) is 0 Å². The minimum absolute atomic E-state index is 0.0171. The molecule has 0 radical (unpaired) electrons. The Kier molecular flexibility index (Phi) is 12.5. The number of alkyl halides is 2. The van der Waals surface area contributed by atoms with E-state index in [0.717, 1.165) is 31.4 Å². The lowest BCUT2D eigenvalue weighted by atomic mass is 10.0. The molecule has 0 heterocycles. The molecular weight excluding hydrogens is 360 g/mol. The quantitative estimate of drug-likeness (QED) is 0.267. The van der Waals surface area contributed by atoms with Gasteiger partial charge in [0.2, 0.25) is 5.92 Å². The molecule has 0 amide bonds. The molecule has 0 aliphatic rings. The van der Waals surface area contributed by atoms with E-state index in [4.69, 9.17) is 5.11 Å². The zero-order valence-electron chi connectivity index (χ0n) is 17.3. The van der Waals surface area contributed by atoms with Crippen LogP contribution in [0.2, 0.25) is 0 Å². The van der Waals surface area contributed by atoms with Gasteiger partial charge in [0.1, 0.15) is 0 Å². The van der Waals surface area contributed by atoms with Gasteiger partial charge in [0, 0.05) is 25.1 Å². The summed E-state index contributed by atoms with van der Waals surface area (Å²) in [6, 6.07) is 6.55. The van der Waals surface area contributed by atoms with Crippen LogP contribution in [-0.2, 0) is 0 Å². The molecule has 0 spiro atoms. The highest BCUT2D eigenvalue weighted by molar-refractivity contribution is 5.87. The number of halogens is 2. The molecule has 0 aromatic heterocycles. The molecule has 5 heteroatoms. The van der Waals surface area contributed by atoms with Gasteiger partial charge in [-0.25, -0.2) is 13.6 Å². The third-order valence-corrected chi connectivity index (χ3v) is 5.08. The lowest BCUT2D eigenvalue weighted by Crippen LogP contribution is -2.15. The van der Waals surface area contributed by atoms with Crippen LogP contribution in [0.3, 0.4) is 0 Å². The molecule has 0 atom stereocenters. The minimum atomic E-state index is -2.53. The molecule has 0 unspecified atom stereocenters. The molecule has 1 aromatic rings. The fourth-order valence-corrected chi connectivity index (χ4v) is 3.29. The second-order valence-electron chi connectivity index (χ2n) is 7.70. The summed E-state index contributed by atoms with van der Waals surface area (Å²) < 4.78 is 27.8. The van der Waals surface area contributed by atoms with E-state index < -0.39 is 11.9 Å². The summed E-state index contributed by atoms with van der Waals surface area (Å²) in [5.74, 6) is -3.47. The Hall–Kier alpha value is -1.65. The van der Waals surface area contributed by atoms with Crippen molar-refractivity contribution in [2.75, 3.05) is 11.9 Å². The number of hydrogen-bond acceptors (Lipinski definition) is 2. The van der Waals surface area contributed by atoms with Gasteiger partial charge in [0.15, 0.2) is 0 Å². The zero-order chi connectivity index (χ0) is 20.7. The topological polar surface area (TPSA) is 49.3 Å². The van der Waals surface area contributed by atoms with E-state index in [0.29, 0.717) is 19.4 Å². The average molecular weight is 398 g/mol. The molecule has 0 bridgehead atoms. The van der Waals surface area contributed by atoms with E-state index >= 15 is 0 Å². The smallest absolute Gasteiger partial charge is 0.335 e. The number of rotatable bonds is 17. The van der Waals surface area contributed by atoms with E-state index in [9.17, 15) is 13.6 Å². The van der Waals surface area contributed by atoms with Crippen LogP contribution in [0.1, 0.15) is 101 Å². The number of carboxylic acid groups (broad SMARTS) is 1. The number of carboxylic acids is 1. The number of hydrogen-bond donors (Lipinski definition) is 2. The molecule has 2 N–H and O–H groups in total. The first-order chi connectivity index (χ1) is 13.4. The van der Waals surface area contributed by atoms with Crippen molar-refractivity contribution in [2.45, 2.75) is 96.3 Å². The summed E-state index contributed by atoms with van der Waals surface area (Å²) in [7, 11) is 0. The number of carbonyl (C=O) groups is 1. The summed E-state index contributed by atoms with van der Waals surface area (Å²) >= 11 is 0. The Labute approximate surface area is 168 Å². The van der Waals surface area contributed by atoms with Crippen LogP contribution in [0.25, 0.3) is 0 Å². The Morgan fingerprint density at radius 3 is 1.89 bits per heavy atom. The van der Waals surface area contributed by atoms with Crippen LogP contribution < -0.4 is 5.32 Å². The Balaban J connectivity index is 2.01. The van der Waals surface area contributed by atoms with Crippen LogP contribution in [0, 0.1) is 0 Å². The van der Waals surface area contributed by atoms with Crippen LogP contribution in [-0.4, -0.2) is 23.5 Å². The van der Waals surface area contributed by atoms with E-state index in [2.05, 4.69) is 12.2 Å². The molecule has 1 rings (SSSR count). The number of benzene rings is 1. The summed E-state index contributed by atoms with van der Waals surface area (Å²) in [5.41, 5.74) is 1.11. The van der Waals surface area contributed by atoms with Gasteiger partial charge in [0.05, 0.1) is 5.56 Å². The Morgan fingerprint density at radius 2 is 1.36 bits per heavy atom. The molecule has 0 saturated heterocycles. The van der Waals surface area contributed by atoms with Gasteiger partial charge in [-0.3, -0.25) is 0 Å². The predicted octanol–water partition coefficient (Wildman–Crippen LogP) is 7.52. The Morgan fingerprint density at radius 1 is 0.857 bits per heavy atom. The minimum Gasteiger partial charge on any atom is -0.478 e. The summed E-state index contributed by atoms with van der Waals surface area (Å²) in [6.07, 6.45) is 11.0. The fourth-order valence-electron chi connectivity index (χ4n) is 3.29. The van der Waals surface area contributed by atoms with Crippen molar-refractivity contribution < 1.29 is 18.7 Å². The third kappa shape index (κ3) is 11.9. The van der Waals surface area contributed by atoms with E-state index in [-0.39, 0.29) is 18.4 Å². The van der Waals surface area contributed by atoms with Gasteiger partial charge in [-0.05, 0) is 43.5 Å². The normalized spacial score (nSPS) is 11.5. The molecule has 160 valence electrons. The van der Waals surface area contributed by atoms with Crippen molar-refractivity contribution in [3.05, 3.63) is 29.8 Å². The average Bonchev–Trinajstić information content (AvgIpc) is 2.67. The van der Waals surface area contributed by atoms with Crippen molar-refractivity contribution in [1.29, 1.82) is 0 Å². The van der Waals surface area contributed by atoms with Gasteiger partial charge in [-0.15, -0.1) is 0 Å². The fraction of sp³-hybridized carbons (Fsp3) is 0.696. The van der Waals surface area contributed by atoms with E-state index in [1.165, 1.54) is 32.1 Å². The first-order valence-corrected chi connectivity index (χ1v) is 10.9. The summed E-state index contributed by atoms with van der Waals surface area (Å²) in [6.45, 7) is 2.90. The maximum Gasteiger partial charge on any atom is 0.335 e. The first kappa shape index (κ1) is 24.4. The molecule has 28 heavy (non-hydrogen) atoms. The second-order valence-corrected chi connectivity index (χ2v) is 7.70. The van der Waals surface area contributed by atoms with Crippen LogP contribution in [0.15, 0.2) is 24.3 Å². The predicted molar refractivity (Wildman–Crippen MR) is 113 cm³/mol. The molecule has 0 fully saturated rings.